The van der Waals surface area contributed by atoms with Crippen LogP contribution in [0.5, 0.6) is 0 Å². The molecule has 0 aliphatic heterocycles. The zero-order valence-corrected chi connectivity index (χ0v) is 13.5. The number of para-hydroxylation sites is 1. The van der Waals surface area contributed by atoms with Gasteiger partial charge in [-0.15, -0.1) is 0 Å². The first-order valence-corrected chi connectivity index (χ1v) is 5.99. The van der Waals surface area contributed by atoms with Crippen molar-refractivity contribution in [2.24, 2.45) is 7.05 Å². The first-order chi connectivity index (χ1) is 8.76. The third-order valence-electron chi connectivity index (χ3n) is 2.74. The van der Waals surface area contributed by atoms with Gasteiger partial charge < -0.3 is 24.0 Å². The molecule has 6 heteroatoms. The van der Waals surface area contributed by atoms with Gasteiger partial charge >= 0.3 is 11.9 Å². The Morgan fingerprint density at radius 3 is 2.53 bits per heavy atom. The van der Waals surface area contributed by atoms with E-state index >= 15 is 0 Å². The molecule has 0 saturated carbocycles. The Labute approximate surface area is 130 Å². The average Bonchev–Trinajstić information content (AvgIpc) is 2.42. The molecule has 2 rings (SSSR count). The van der Waals surface area contributed by atoms with Crippen LogP contribution in [0, 0.1) is 0 Å². The minimum absolute atomic E-state index is 0. The van der Waals surface area contributed by atoms with Crippen molar-refractivity contribution < 1.29 is 28.5 Å². The molecule has 102 valence electrons. The van der Waals surface area contributed by atoms with E-state index in [0.29, 0.717) is 5.95 Å². The summed E-state index contributed by atoms with van der Waals surface area (Å²) in [5, 5.41) is 3.05. The second-order valence-electron chi connectivity index (χ2n) is 3.92. The van der Waals surface area contributed by atoms with E-state index in [1.54, 1.807) is 6.33 Å². The van der Waals surface area contributed by atoms with Crippen molar-refractivity contribution in [3.63, 3.8) is 0 Å². The summed E-state index contributed by atoms with van der Waals surface area (Å²) in [6.07, 6.45) is 1.76. The predicted octanol–water partition coefficient (Wildman–Crippen LogP) is -1.50. The lowest BCUT2D eigenvalue weighted by Crippen LogP contribution is -3.00. The number of aryl methyl sites for hydroxylation is 1. The topological polar surface area (TPSA) is 44.9 Å². The lowest BCUT2D eigenvalue weighted by molar-refractivity contribution is -0.662. The lowest BCUT2D eigenvalue weighted by Gasteiger charge is -2.17. The highest BCUT2D eigenvalue weighted by molar-refractivity contribution is 5.56. The molecule has 5 nitrogen and oxygen atoms in total. The molecule has 1 aromatic carbocycles. The molecule has 1 heterocycles. The number of rotatable bonds is 4. The maximum absolute atomic E-state index is 4.50. The maximum Gasteiger partial charge on any atom is 0.350 e. The molecule has 1 N–H and O–H groups in total. The number of nitrogens with one attached hydrogen (secondary N) is 1. The summed E-state index contributed by atoms with van der Waals surface area (Å²) in [6.45, 7) is 2.91. The lowest BCUT2D eigenvalue weighted by atomic mass is 10.3. The van der Waals surface area contributed by atoms with Gasteiger partial charge in [0.1, 0.15) is 0 Å². The van der Waals surface area contributed by atoms with Crippen LogP contribution in [-0.4, -0.2) is 23.6 Å². The van der Waals surface area contributed by atoms with Crippen LogP contribution in [0.2, 0.25) is 0 Å². The van der Waals surface area contributed by atoms with Crippen molar-refractivity contribution in [3.8, 4) is 0 Å². The Morgan fingerprint density at radius 2 is 1.95 bits per heavy atom. The van der Waals surface area contributed by atoms with Gasteiger partial charge in [0, 0.05) is 19.3 Å². The van der Waals surface area contributed by atoms with Gasteiger partial charge in [0.25, 0.3) is 0 Å². The highest BCUT2D eigenvalue weighted by Crippen LogP contribution is 2.20. The molecule has 1 aromatic heterocycles. The van der Waals surface area contributed by atoms with Gasteiger partial charge in [-0.1, -0.05) is 28.2 Å². The number of hydrogen-bond donors (Lipinski definition) is 1. The molecule has 0 aliphatic rings. The third-order valence-corrected chi connectivity index (χ3v) is 2.74. The first kappa shape index (κ1) is 15.6. The molecule has 0 amide bonds. The second-order valence-corrected chi connectivity index (χ2v) is 3.92. The SMILES string of the molecule is CCN(c1ccccc1)c1nc[n+](C)c(NC)n1.[I-]. The Morgan fingerprint density at radius 1 is 1.26 bits per heavy atom. The Hall–Kier alpha value is -1.44. The van der Waals surface area contributed by atoms with Crippen LogP contribution in [0.25, 0.3) is 0 Å². The van der Waals surface area contributed by atoms with E-state index in [4.69, 9.17) is 0 Å². The second kappa shape index (κ2) is 7.22. The molecule has 0 aliphatic carbocycles. The Kier molecular flexibility index (Phi) is 5.94. The molecule has 2 aromatic rings. The number of halogens is 1. The summed E-state index contributed by atoms with van der Waals surface area (Å²) in [6, 6.07) is 10.1. The van der Waals surface area contributed by atoms with Gasteiger partial charge in [-0.25, -0.2) is 4.57 Å². The summed E-state index contributed by atoms with van der Waals surface area (Å²) >= 11 is 0. The highest BCUT2D eigenvalue weighted by atomic mass is 127. The largest absolute Gasteiger partial charge is 1.00 e. The normalized spacial score (nSPS) is 9.63. The fourth-order valence-electron chi connectivity index (χ4n) is 1.81. The van der Waals surface area contributed by atoms with Crippen molar-refractivity contribution in [3.05, 3.63) is 36.7 Å². The highest BCUT2D eigenvalue weighted by Gasteiger charge is 2.17. The molecular formula is C13H18IN5. The fraction of sp³-hybridized carbons (Fsp3) is 0.308. The van der Waals surface area contributed by atoms with Crippen LogP contribution in [0.3, 0.4) is 0 Å². The van der Waals surface area contributed by atoms with Crippen LogP contribution in [0.15, 0.2) is 36.7 Å². The molecule has 19 heavy (non-hydrogen) atoms. The number of aromatic nitrogens is 3. The molecular weight excluding hydrogens is 353 g/mol. The van der Waals surface area contributed by atoms with E-state index in [9.17, 15) is 0 Å². The molecule has 0 unspecified atom stereocenters. The Balaban J connectivity index is 0.00000180. The van der Waals surface area contributed by atoms with E-state index < -0.39 is 0 Å². The van der Waals surface area contributed by atoms with Crippen LogP contribution in [0.1, 0.15) is 6.92 Å². The number of hydrogen-bond acceptors (Lipinski definition) is 4. The van der Waals surface area contributed by atoms with Gasteiger partial charge in [-0.2, -0.15) is 0 Å². The third kappa shape index (κ3) is 3.52. The van der Waals surface area contributed by atoms with Crippen molar-refractivity contribution >= 4 is 17.6 Å². The summed E-state index contributed by atoms with van der Waals surface area (Å²) in [5.74, 6) is 1.49. The number of benzene rings is 1. The van der Waals surface area contributed by atoms with Gasteiger partial charge in [-0.05, 0) is 19.1 Å². The summed E-state index contributed by atoms with van der Waals surface area (Å²) in [4.78, 5) is 10.9. The van der Waals surface area contributed by atoms with Crippen LogP contribution in [0.4, 0.5) is 17.6 Å². The molecule has 0 bridgehead atoms. The molecule has 0 fully saturated rings. The van der Waals surface area contributed by atoms with Gasteiger partial charge in [0.2, 0.25) is 6.33 Å². The fourth-order valence-corrected chi connectivity index (χ4v) is 1.81. The maximum atomic E-state index is 4.50. The predicted molar refractivity (Wildman–Crippen MR) is 71.9 cm³/mol. The number of nitrogens with zero attached hydrogens (tertiary/aromatic N) is 4. The Bertz CT molecular complexity index is 518. The zero-order chi connectivity index (χ0) is 13.0. The first-order valence-electron chi connectivity index (χ1n) is 5.99. The summed E-state index contributed by atoms with van der Waals surface area (Å²) in [5.41, 5.74) is 1.09. The van der Waals surface area contributed by atoms with E-state index in [2.05, 4.69) is 39.2 Å². The van der Waals surface area contributed by atoms with E-state index in [1.165, 1.54) is 0 Å². The van der Waals surface area contributed by atoms with Gasteiger partial charge in [0.15, 0.2) is 0 Å². The van der Waals surface area contributed by atoms with E-state index in [1.807, 2.05) is 36.9 Å². The molecule has 0 spiro atoms. The monoisotopic (exact) mass is 371 g/mol. The smallest absolute Gasteiger partial charge is 0.350 e. The van der Waals surface area contributed by atoms with E-state index in [0.717, 1.165) is 18.2 Å². The minimum Gasteiger partial charge on any atom is -1.00 e. The van der Waals surface area contributed by atoms with Gasteiger partial charge in [-0.3, -0.25) is 10.2 Å². The van der Waals surface area contributed by atoms with Crippen LogP contribution < -0.4 is 38.8 Å². The van der Waals surface area contributed by atoms with Crippen molar-refractivity contribution in [1.82, 2.24) is 9.97 Å². The minimum atomic E-state index is 0. The van der Waals surface area contributed by atoms with Crippen LogP contribution in [-0.2, 0) is 7.05 Å². The summed E-state index contributed by atoms with van der Waals surface area (Å²) < 4.78 is 1.85. The van der Waals surface area contributed by atoms with E-state index in [-0.39, 0.29) is 24.0 Å². The van der Waals surface area contributed by atoms with Crippen molar-refractivity contribution in [1.29, 1.82) is 0 Å². The van der Waals surface area contributed by atoms with Crippen molar-refractivity contribution in [2.45, 2.75) is 6.92 Å². The standard InChI is InChI=1S/C13H17N5.HI/c1-4-18(11-8-6-5-7-9-11)13-15-10-17(3)12(14-2)16-13;/h5-10H,4H2,1-3H3;1H. The molecule has 0 saturated heterocycles. The average molecular weight is 371 g/mol. The quantitative estimate of drug-likeness (QED) is 0.525. The molecule has 0 radical (unpaired) electrons. The zero-order valence-electron chi connectivity index (χ0n) is 11.3. The summed E-state index contributed by atoms with van der Waals surface area (Å²) in [7, 11) is 3.76. The number of anilines is 3. The van der Waals surface area contributed by atoms with Gasteiger partial charge in [0.05, 0.1) is 7.05 Å². The molecule has 0 atom stereocenters. The van der Waals surface area contributed by atoms with Crippen molar-refractivity contribution in [2.75, 3.05) is 23.8 Å². The van der Waals surface area contributed by atoms with Crippen LogP contribution >= 0.6 is 0 Å².